The third-order valence-corrected chi connectivity index (χ3v) is 4.02. The molecule has 5 nitrogen and oxygen atoms in total. The molecule has 1 aromatic heterocycles. The highest BCUT2D eigenvalue weighted by Crippen LogP contribution is 2.16. The van der Waals surface area contributed by atoms with Crippen molar-refractivity contribution < 1.29 is 9.21 Å². The number of nitrogens with zero attached hydrogens (tertiary/aromatic N) is 1. The van der Waals surface area contributed by atoms with Gasteiger partial charge in [-0.15, -0.1) is 0 Å². The average Bonchev–Trinajstić information content (AvgIpc) is 2.62. The van der Waals surface area contributed by atoms with Crippen molar-refractivity contribution in [3.8, 4) is 0 Å². The standard InChI is InChI=1S/C21H20N2O3/c1-14-4-10-19-18(12-14)21(25)15(13-26-19)5-11-20(24)22-16-6-8-17(9-7-16)23(2)3/h4-13H,1-3H3,(H,22,24)/b11-5+. The van der Waals surface area contributed by atoms with Gasteiger partial charge in [-0.05, 0) is 49.4 Å². The van der Waals surface area contributed by atoms with E-state index in [1.54, 1.807) is 12.1 Å². The number of nitrogens with one attached hydrogen (secondary N) is 1. The molecule has 0 saturated carbocycles. The van der Waals surface area contributed by atoms with Gasteiger partial charge in [-0.3, -0.25) is 9.59 Å². The highest BCUT2D eigenvalue weighted by Gasteiger charge is 2.06. The maximum Gasteiger partial charge on any atom is 0.248 e. The van der Waals surface area contributed by atoms with E-state index in [2.05, 4.69) is 5.32 Å². The summed E-state index contributed by atoms with van der Waals surface area (Å²) in [4.78, 5) is 26.6. The van der Waals surface area contributed by atoms with Gasteiger partial charge in [0.2, 0.25) is 5.91 Å². The van der Waals surface area contributed by atoms with E-state index in [-0.39, 0.29) is 11.3 Å². The predicted octanol–water partition coefficient (Wildman–Crippen LogP) is 3.82. The molecule has 3 rings (SSSR count). The van der Waals surface area contributed by atoms with E-state index < -0.39 is 0 Å². The number of aryl methyl sites for hydroxylation is 1. The average molecular weight is 348 g/mol. The maximum absolute atomic E-state index is 12.5. The second-order valence-electron chi connectivity index (χ2n) is 6.28. The van der Waals surface area contributed by atoms with E-state index in [0.29, 0.717) is 22.2 Å². The highest BCUT2D eigenvalue weighted by molar-refractivity contribution is 6.02. The summed E-state index contributed by atoms with van der Waals surface area (Å²) in [7, 11) is 3.90. The number of anilines is 2. The molecule has 2 aromatic carbocycles. The lowest BCUT2D eigenvalue weighted by molar-refractivity contribution is -0.111. The van der Waals surface area contributed by atoms with Gasteiger partial charge in [-0.1, -0.05) is 11.6 Å². The van der Waals surface area contributed by atoms with Crippen LogP contribution in [0.25, 0.3) is 17.0 Å². The zero-order chi connectivity index (χ0) is 18.7. The third-order valence-electron chi connectivity index (χ3n) is 4.02. The number of rotatable bonds is 4. The van der Waals surface area contributed by atoms with Crippen molar-refractivity contribution in [2.75, 3.05) is 24.3 Å². The number of amides is 1. The Hall–Kier alpha value is -3.34. The molecule has 5 heteroatoms. The molecule has 1 N–H and O–H groups in total. The number of benzene rings is 2. The molecule has 0 atom stereocenters. The molecule has 132 valence electrons. The minimum absolute atomic E-state index is 0.158. The van der Waals surface area contributed by atoms with E-state index in [0.717, 1.165) is 11.3 Å². The highest BCUT2D eigenvalue weighted by atomic mass is 16.3. The first-order valence-corrected chi connectivity index (χ1v) is 8.22. The van der Waals surface area contributed by atoms with Crippen LogP contribution in [0.4, 0.5) is 11.4 Å². The molecule has 0 radical (unpaired) electrons. The fourth-order valence-corrected chi connectivity index (χ4v) is 2.57. The normalized spacial score (nSPS) is 11.0. The van der Waals surface area contributed by atoms with Crippen molar-refractivity contribution in [2.24, 2.45) is 0 Å². The Labute approximate surface area is 151 Å². The molecule has 1 heterocycles. The second-order valence-corrected chi connectivity index (χ2v) is 6.28. The van der Waals surface area contributed by atoms with Gasteiger partial charge >= 0.3 is 0 Å². The van der Waals surface area contributed by atoms with Gasteiger partial charge in [0.15, 0.2) is 5.43 Å². The van der Waals surface area contributed by atoms with Gasteiger partial charge in [0.25, 0.3) is 0 Å². The van der Waals surface area contributed by atoms with E-state index in [4.69, 9.17) is 4.42 Å². The first kappa shape index (κ1) is 17.5. The van der Waals surface area contributed by atoms with Crippen molar-refractivity contribution in [2.45, 2.75) is 6.92 Å². The molecule has 0 saturated heterocycles. The Balaban J connectivity index is 1.77. The summed E-state index contributed by atoms with van der Waals surface area (Å²) in [5.74, 6) is -0.314. The molecular weight excluding hydrogens is 328 g/mol. The molecule has 0 aliphatic rings. The zero-order valence-corrected chi connectivity index (χ0v) is 14.9. The lowest BCUT2D eigenvalue weighted by atomic mass is 10.1. The summed E-state index contributed by atoms with van der Waals surface area (Å²) in [5, 5.41) is 3.27. The molecule has 0 aliphatic heterocycles. The van der Waals surface area contributed by atoms with E-state index in [1.807, 2.05) is 56.3 Å². The Bertz CT molecular complexity index is 1030. The predicted molar refractivity (Wildman–Crippen MR) is 106 cm³/mol. The van der Waals surface area contributed by atoms with Gasteiger partial charge in [0, 0.05) is 31.5 Å². The van der Waals surface area contributed by atoms with Crippen LogP contribution in [0.15, 0.2) is 64.0 Å². The lowest BCUT2D eigenvalue weighted by Crippen LogP contribution is -2.10. The molecule has 0 aliphatic carbocycles. The molecule has 0 fully saturated rings. The molecular formula is C21H20N2O3. The van der Waals surface area contributed by atoms with E-state index in [1.165, 1.54) is 18.4 Å². The van der Waals surface area contributed by atoms with Crippen molar-refractivity contribution in [3.05, 3.63) is 76.2 Å². The van der Waals surface area contributed by atoms with Crippen molar-refractivity contribution in [1.82, 2.24) is 0 Å². The van der Waals surface area contributed by atoms with Gasteiger partial charge < -0.3 is 14.6 Å². The Morgan fingerprint density at radius 2 is 1.85 bits per heavy atom. The first-order chi connectivity index (χ1) is 12.4. The van der Waals surface area contributed by atoms with Crippen LogP contribution in [0.1, 0.15) is 11.1 Å². The zero-order valence-electron chi connectivity index (χ0n) is 14.9. The first-order valence-electron chi connectivity index (χ1n) is 8.22. The maximum atomic E-state index is 12.5. The van der Waals surface area contributed by atoms with Crippen LogP contribution in [0.3, 0.4) is 0 Å². The van der Waals surface area contributed by atoms with Crippen LogP contribution in [-0.4, -0.2) is 20.0 Å². The smallest absolute Gasteiger partial charge is 0.248 e. The Morgan fingerprint density at radius 3 is 2.54 bits per heavy atom. The van der Waals surface area contributed by atoms with Gasteiger partial charge in [0.1, 0.15) is 11.8 Å². The number of carbonyl (C=O) groups is 1. The summed E-state index contributed by atoms with van der Waals surface area (Å²) in [6.45, 7) is 1.91. The van der Waals surface area contributed by atoms with Gasteiger partial charge in [-0.25, -0.2) is 0 Å². The number of hydrogen-bond donors (Lipinski definition) is 1. The summed E-state index contributed by atoms with van der Waals surface area (Å²) in [5.41, 5.74) is 3.41. The molecule has 0 bridgehead atoms. The van der Waals surface area contributed by atoms with Crippen molar-refractivity contribution >= 4 is 34.3 Å². The van der Waals surface area contributed by atoms with Gasteiger partial charge in [0.05, 0.1) is 10.9 Å². The quantitative estimate of drug-likeness (QED) is 0.728. The summed E-state index contributed by atoms with van der Waals surface area (Å²) < 4.78 is 5.48. The number of hydrogen-bond acceptors (Lipinski definition) is 4. The van der Waals surface area contributed by atoms with Crippen LogP contribution >= 0.6 is 0 Å². The molecule has 26 heavy (non-hydrogen) atoms. The van der Waals surface area contributed by atoms with E-state index in [9.17, 15) is 9.59 Å². The lowest BCUT2D eigenvalue weighted by Gasteiger charge is -2.12. The van der Waals surface area contributed by atoms with Crippen LogP contribution in [-0.2, 0) is 4.79 Å². The fourth-order valence-electron chi connectivity index (χ4n) is 2.57. The summed E-state index contributed by atoms with van der Waals surface area (Å²) in [6, 6.07) is 12.9. The van der Waals surface area contributed by atoms with Crippen LogP contribution in [0.2, 0.25) is 0 Å². The SMILES string of the molecule is Cc1ccc2occ(/C=C/C(=O)Nc3ccc(N(C)C)cc3)c(=O)c2c1. The number of carbonyl (C=O) groups excluding carboxylic acids is 1. The summed E-state index contributed by atoms with van der Waals surface area (Å²) >= 11 is 0. The Morgan fingerprint density at radius 1 is 1.12 bits per heavy atom. The Kier molecular flexibility index (Phi) is 4.89. The monoisotopic (exact) mass is 348 g/mol. The molecule has 3 aromatic rings. The van der Waals surface area contributed by atoms with E-state index >= 15 is 0 Å². The van der Waals surface area contributed by atoms with Gasteiger partial charge in [-0.2, -0.15) is 0 Å². The van der Waals surface area contributed by atoms with Crippen LogP contribution < -0.4 is 15.6 Å². The van der Waals surface area contributed by atoms with Crippen molar-refractivity contribution in [3.63, 3.8) is 0 Å². The molecule has 1 amide bonds. The van der Waals surface area contributed by atoms with Crippen molar-refractivity contribution in [1.29, 1.82) is 0 Å². The van der Waals surface area contributed by atoms with Crippen LogP contribution in [0, 0.1) is 6.92 Å². The van der Waals surface area contributed by atoms with Crippen LogP contribution in [0.5, 0.6) is 0 Å². The fraction of sp³-hybridized carbons (Fsp3) is 0.143. The summed E-state index contributed by atoms with van der Waals surface area (Å²) in [6.07, 6.45) is 4.17. The molecule has 0 unspecified atom stereocenters. The largest absolute Gasteiger partial charge is 0.463 e. The minimum atomic E-state index is -0.314. The molecule has 0 spiro atoms. The second kappa shape index (κ2) is 7.27. The minimum Gasteiger partial charge on any atom is -0.463 e. The third kappa shape index (κ3) is 3.83. The topological polar surface area (TPSA) is 62.6 Å². The number of fused-ring (bicyclic) bond motifs is 1.